The van der Waals surface area contributed by atoms with Crippen LogP contribution in [0.1, 0.15) is 42.4 Å². The monoisotopic (exact) mass is 760 g/mol. The standard InChI is InChI=1S/2C8H9NO4.3C7H7.Sb/c2*10-7-5-3-1-2-4(13-3)6(5)8(11)9(7)12;3*1-7-5-3-2-4-6-7;/h2*3-6,12H,1-2H2;3*2-3,5-6H,1H3;/t2*3-,4+,5?,6?;;;;. The van der Waals surface area contributed by atoms with Crippen LogP contribution in [0.3, 0.4) is 0 Å². The number of rotatable bonds is 3. The predicted molar refractivity (Wildman–Crippen MR) is 175 cm³/mol. The fraction of sp³-hybridized carbons (Fsp3) is 0.405. The first kappa shape index (κ1) is 33.1. The molecule has 0 saturated carbocycles. The molecule has 9 rings (SSSR count). The van der Waals surface area contributed by atoms with Crippen LogP contribution < -0.4 is 10.5 Å². The van der Waals surface area contributed by atoms with Gasteiger partial charge in [-0.25, -0.2) is 0 Å². The number of amides is 4. The zero-order valence-electron chi connectivity index (χ0n) is 27.1. The van der Waals surface area contributed by atoms with Crippen molar-refractivity contribution < 1.29 is 39.1 Å². The van der Waals surface area contributed by atoms with Crippen molar-refractivity contribution in [3.05, 3.63) is 89.5 Å². The summed E-state index contributed by atoms with van der Waals surface area (Å²) in [5, 5.41) is 18.8. The molecule has 48 heavy (non-hydrogen) atoms. The van der Waals surface area contributed by atoms with Gasteiger partial charge in [0.2, 0.25) is 0 Å². The number of nitrogens with zero attached hydrogens (tertiary/aromatic N) is 2. The maximum Gasteiger partial charge on any atom is 0.259 e. The van der Waals surface area contributed by atoms with E-state index >= 15 is 0 Å². The number of ether oxygens (including phenoxy) is 2. The van der Waals surface area contributed by atoms with Crippen molar-refractivity contribution in [1.82, 2.24) is 10.1 Å². The molecular formula is C37H39N2O8Sb. The molecule has 6 aliphatic rings. The summed E-state index contributed by atoms with van der Waals surface area (Å²) in [7, 11) is 0. The van der Waals surface area contributed by atoms with E-state index in [4.69, 9.17) is 19.9 Å². The Morgan fingerprint density at radius 3 is 1.04 bits per heavy atom. The number of hydroxylamine groups is 4. The van der Waals surface area contributed by atoms with Crippen LogP contribution >= 0.6 is 0 Å². The maximum atomic E-state index is 11.4. The first-order chi connectivity index (χ1) is 23.0. The normalized spacial score (nSPS) is 30.8. The molecule has 2 N–H and O–H groups in total. The van der Waals surface area contributed by atoms with Crippen molar-refractivity contribution in [1.29, 1.82) is 0 Å². The van der Waals surface area contributed by atoms with E-state index in [1.54, 1.807) is 10.5 Å². The number of imide groups is 2. The molecule has 3 aromatic rings. The Morgan fingerprint density at radius 1 is 0.521 bits per heavy atom. The van der Waals surface area contributed by atoms with E-state index in [9.17, 15) is 19.2 Å². The van der Waals surface area contributed by atoms with Gasteiger partial charge in [0.05, 0.1) is 48.1 Å². The largest absolute Gasteiger partial charge is 0.373 e. The van der Waals surface area contributed by atoms with E-state index in [-0.39, 0.29) is 34.5 Å². The van der Waals surface area contributed by atoms with Gasteiger partial charge < -0.3 is 9.47 Å². The fourth-order valence-electron chi connectivity index (χ4n) is 8.14. The third-order valence-electron chi connectivity index (χ3n) is 10.3. The smallest absolute Gasteiger partial charge is 0.259 e. The maximum absolute atomic E-state index is 11.4. The van der Waals surface area contributed by atoms with E-state index in [1.807, 2.05) is 0 Å². The second-order valence-corrected chi connectivity index (χ2v) is 19.8. The van der Waals surface area contributed by atoms with Crippen LogP contribution in [-0.4, -0.2) is 88.8 Å². The molecule has 4 unspecified atom stereocenters. The number of aryl methyl sites for hydroxylation is 3. The van der Waals surface area contributed by atoms with E-state index in [1.165, 1.54) is 16.7 Å². The van der Waals surface area contributed by atoms with Crippen LogP contribution in [0.25, 0.3) is 0 Å². The van der Waals surface area contributed by atoms with Gasteiger partial charge in [0.1, 0.15) is 0 Å². The Hall–Kier alpha value is -3.40. The zero-order valence-corrected chi connectivity index (χ0v) is 29.6. The summed E-state index contributed by atoms with van der Waals surface area (Å²) in [5.74, 6) is -3.56. The summed E-state index contributed by atoms with van der Waals surface area (Å²) in [6, 6.07) is 27.3. The molecule has 0 aromatic heterocycles. The number of benzene rings is 3. The van der Waals surface area contributed by atoms with Gasteiger partial charge in [0, 0.05) is 0 Å². The number of carbonyl (C=O) groups excluding carboxylic acids is 4. The minimum Gasteiger partial charge on any atom is -0.373 e. The molecule has 0 radical (unpaired) electrons. The third-order valence-corrected chi connectivity index (χ3v) is 17.1. The molecule has 0 aliphatic carbocycles. The average molecular weight is 761 g/mol. The topological polar surface area (TPSA) is 134 Å². The Balaban J connectivity index is 0.000000120. The van der Waals surface area contributed by atoms with Crippen molar-refractivity contribution in [2.24, 2.45) is 23.7 Å². The molecule has 6 saturated heterocycles. The van der Waals surface area contributed by atoms with Gasteiger partial charge in [-0.2, -0.15) is 10.1 Å². The number of hydrogen-bond donors (Lipinski definition) is 2. The third kappa shape index (κ3) is 5.81. The molecule has 6 fully saturated rings. The van der Waals surface area contributed by atoms with Gasteiger partial charge in [-0.05, 0) is 25.7 Å². The summed E-state index contributed by atoms with van der Waals surface area (Å²) in [5.41, 5.74) is 4.06. The Labute approximate surface area is 286 Å². The molecular weight excluding hydrogens is 722 g/mol. The number of fused-ring (bicyclic) bond motifs is 10. The van der Waals surface area contributed by atoms with Crippen LogP contribution in [0, 0.1) is 44.4 Å². The van der Waals surface area contributed by atoms with E-state index in [2.05, 4.69) is 93.6 Å². The Bertz CT molecular complexity index is 1560. The summed E-state index contributed by atoms with van der Waals surface area (Å²) in [4.78, 5) is 45.4. The molecule has 250 valence electrons. The molecule has 4 amide bonds. The first-order valence-corrected chi connectivity index (χ1v) is 20.3. The molecule has 10 nitrogen and oxygen atoms in total. The summed E-state index contributed by atoms with van der Waals surface area (Å²) >= 11 is -1.93. The van der Waals surface area contributed by atoms with Gasteiger partial charge >= 0.3 is 141 Å². The van der Waals surface area contributed by atoms with Crippen molar-refractivity contribution in [2.45, 2.75) is 70.9 Å². The van der Waals surface area contributed by atoms with Crippen LogP contribution in [-0.2, 0) is 28.7 Å². The molecule has 8 atom stereocenters. The van der Waals surface area contributed by atoms with Crippen molar-refractivity contribution in [2.75, 3.05) is 0 Å². The number of carbonyl (C=O) groups is 4. The summed E-state index contributed by atoms with van der Waals surface area (Å²) in [6.07, 6.45) is 2.79. The van der Waals surface area contributed by atoms with Crippen molar-refractivity contribution >= 4 is 54.4 Å². The van der Waals surface area contributed by atoms with Gasteiger partial charge in [-0.15, -0.1) is 0 Å². The molecule has 6 aliphatic heterocycles. The predicted octanol–water partition coefficient (Wildman–Crippen LogP) is 2.20. The van der Waals surface area contributed by atoms with Crippen LogP contribution in [0.4, 0.5) is 0 Å². The number of hydrogen-bond acceptors (Lipinski definition) is 8. The van der Waals surface area contributed by atoms with E-state index in [0.717, 1.165) is 25.7 Å². The molecule has 0 spiro atoms. The van der Waals surface area contributed by atoms with Crippen LogP contribution in [0.15, 0.2) is 72.8 Å². The average Bonchev–Trinajstić information content (AvgIpc) is 3.93. The minimum atomic E-state index is -1.93. The zero-order chi connectivity index (χ0) is 33.9. The first-order valence-electron chi connectivity index (χ1n) is 16.5. The second-order valence-electron chi connectivity index (χ2n) is 13.5. The van der Waals surface area contributed by atoms with Gasteiger partial charge in [0.25, 0.3) is 23.6 Å². The fourth-order valence-corrected chi connectivity index (χ4v) is 15.6. The minimum absolute atomic E-state index is 0.136. The molecule has 6 heterocycles. The molecule has 4 bridgehead atoms. The second kappa shape index (κ2) is 13.1. The van der Waals surface area contributed by atoms with Crippen molar-refractivity contribution in [3.63, 3.8) is 0 Å². The van der Waals surface area contributed by atoms with Crippen LogP contribution in [0.5, 0.6) is 0 Å². The SMILES string of the molecule is Cc1ccc[c]([Sb]([c]2cccc(C)c2)[c]2cccc(C)c2)c1.O=C1C2C(C(=O)N1O)[C@H]1CC[C@@H]2O1.O=C1C2C(C(=O)N1O)[C@H]1CC[C@@H]2O1. The summed E-state index contributed by atoms with van der Waals surface area (Å²) in [6.45, 7) is 6.57. The summed E-state index contributed by atoms with van der Waals surface area (Å²) < 4.78 is 15.5. The van der Waals surface area contributed by atoms with Crippen LogP contribution in [0.2, 0.25) is 0 Å². The van der Waals surface area contributed by atoms with Crippen molar-refractivity contribution in [3.8, 4) is 0 Å². The molecule has 3 aromatic carbocycles. The van der Waals surface area contributed by atoms with Gasteiger partial charge in [0.15, 0.2) is 0 Å². The van der Waals surface area contributed by atoms with E-state index < -0.39 is 67.5 Å². The van der Waals surface area contributed by atoms with Gasteiger partial charge in [-0.3, -0.25) is 29.6 Å². The Morgan fingerprint density at radius 2 is 0.792 bits per heavy atom. The van der Waals surface area contributed by atoms with E-state index in [0.29, 0.717) is 0 Å². The van der Waals surface area contributed by atoms with Gasteiger partial charge in [-0.1, -0.05) is 0 Å². The quantitative estimate of drug-likeness (QED) is 0.236. The molecule has 11 heteroatoms. The Kier molecular flexibility index (Phi) is 9.06.